The number of rotatable bonds is 6. The van der Waals surface area contributed by atoms with Crippen LogP contribution in [0.1, 0.15) is 43.9 Å². The molecule has 0 fully saturated rings. The summed E-state index contributed by atoms with van der Waals surface area (Å²) in [6, 6.07) is 9.36. The second-order valence-corrected chi connectivity index (χ2v) is 6.76. The molecule has 1 heterocycles. The molecule has 2 aromatic rings. The van der Waals surface area contributed by atoms with Crippen LogP contribution in [0.25, 0.3) is 0 Å². The fraction of sp³-hybridized carbons (Fsp3) is 0.500. The fourth-order valence-corrected chi connectivity index (χ4v) is 3.46. The van der Waals surface area contributed by atoms with Crippen LogP contribution >= 0.6 is 0 Å². The van der Waals surface area contributed by atoms with E-state index in [0.717, 1.165) is 13.1 Å². The van der Waals surface area contributed by atoms with E-state index in [1.54, 1.807) is 0 Å². The lowest BCUT2D eigenvalue weighted by molar-refractivity contribution is 0.268. The first-order valence-corrected chi connectivity index (χ1v) is 7.94. The SMILES string of the molecule is CC1(C)Cc2ccccc2C1NCCCCn1ccnc1. The minimum atomic E-state index is 0.314. The van der Waals surface area contributed by atoms with E-state index in [-0.39, 0.29) is 0 Å². The highest BCUT2D eigenvalue weighted by Gasteiger charge is 2.37. The minimum Gasteiger partial charge on any atom is -0.337 e. The molecule has 1 aromatic carbocycles. The van der Waals surface area contributed by atoms with Crippen molar-refractivity contribution < 1.29 is 0 Å². The summed E-state index contributed by atoms with van der Waals surface area (Å²) in [7, 11) is 0. The van der Waals surface area contributed by atoms with Gasteiger partial charge in [0.05, 0.1) is 6.33 Å². The molecule has 1 atom stereocenters. The summed E-state index contributed by atoms with van der Waals surface area (Å²) in [5, 5.41) is 3.78. The van der Waals surface area contributed by atoms with Gasteiger partial charge in [-0.3, -0.25) is 0 Å². The second kappa shape index (κ2) is 6.02. The van der Waals surface area contributed by atoms with E-state index in [1.165, 1.54) is 30.4 Å². The van der Waals surface area contributed by atoms with Crippen LogP contribution in [0.5, 0.6) is 0 Å². The second-order valence-electron chi connectivity index (χ2n) is 6.76. The van der Waals surface area contributed by atoms with Crippen LogP contribution in [0.4, 0.5) is 0 Å². The van der Waals surface area contributed by atoms with Crippen LogP contribution in [-0.2, 0) is 13.0 Å². The smallest absolute Gasteiger partial charge is 0.0945 e. The Kier molecular flexibility index (Phi) is 4.11. The molecule has 1 aliphatic carbocycles. The standard InChI is InChI=1S/C18H25N3/c1-18(2)13-15-7-3-4-8-16(15)17(18)20-9-5-6-11-21-12-10-19-14-21/h3-4,7-8,10,12,14,17,20H,5-6,9,11,13H2,1-2H3. The number of hydrogen-bond donors (Lipinski definition) is 1. The van der Waals surface area contributed by atoms with E-state index < -0.39 is 0 Å². The molecule has 3 nitrogen and oxygen atoms in total. The largest absolute Gasteiger partial charge is 0.337 e. The quantitative estimate of drug-likeness (QED) is 0.821. The monoisotopic (exact) mass is 283 g/mol. The molecular formula is C18H25N3. The van der Waals surface area contributed by atoms with Crippen LogP contribution in [0.2, 0.25) is 0 Å². The lowest BCUT2D eigenvalue weighted by atomic mass is 9.85. The first-order chi connectivity index (χ1) is 10.2. The third kappa shape index (κ3) is 3.18. The molecule has 0 saturated carbocycles. The molecule has 3 heteroatoms. The fourth-order valence-electron chi connectivity index (χ4n) is 3.46. The average molecular weight is 283 g/mol. The molecule has 0 bridgehead atoms. The average Bonchev–Trinajstić information content (AvgIpc) is 3.04. The van der Waals surface area contributed by atoms with Gasteiger partial charge >= 0.3 is 0 Å². The number of nitrogens with one attached hydrogen (secondary N) is 1. The van der Waals surface area contributed by atoms with E-state index in [9.17, 15) is 0 Å². The van der Waals surface area contributed by atoms with Crippen LogP contribution in [0.15, 0.2) is 43.0 Å². The van der Waals surface area contributed by atoms with E-state index in [4.69, 9.17) is 0 Å². The van der Waals surface area contributed by atoms with Gasteiger partial charge in [0.25, 0.3) is 0 Å². The van der Waals surface area contributed by atoms with Crippen LogP contribution in [-0.4, -0.2) is 16.1 Å². The third-order valence-corrected chi connectivity index (χ3v) is 4.54. The molecule has 3 rings (SSSR count). The van der Waals surface area contributed by atoms with Gasteiger partial charge in [0.2, 0.25) is 0 Å². The number of aromatic nitrogens is 2. The molecule has 0 saturated heterocycles. The Hall–Kier alpha value is -1.61. The lowest BCUT2D eigenvalue weighted by Gasteiger charge is -2.28. The number of nitrogens with zero attached hydrogens (tertiary/aromatic N) is 2. The van der Waals surface area contributed by atoms with Crippen molar-refractivity contribution >= 4 is 0 Å². The van der Waals surface area contributed by atoms with Gasteiger partial charge in [-0.25, -0.2) is 4.98 Å². The van der Waals surface area contributed by atoms with Crippen molar-refractivity contribution in [2.24, 2.45) is 5.41 Å². The van der Waals surface area contributed by atoms with Crippen molar-refractivity contribution in [3.63, 3.8) is 0 Å². The Morgan fingerprint density at radius 2 is 2.14 bits per heavy atom. The van der Waals surface area contributed by atoms with Crippen molar-refractivity contribution in [1.82, 2.24) is 14.9 Å². The van der Waals surface area contributed by atoms with Crippen molar-refractivity contribution in [2.75, 3.05) is 6.54 Å². The zero-order chi connectivity index (χ0) is 14.7. The topological polar surface area (TPSA) is 29.9 Å². The molecular weight excluding hydrogens is 258 g/mol. The number of imidazole rings is 1. The van der Waals surface area contributed by atoms with E-state index in [2.05, 4.69) is 53.0 Å². The molecule has 1 unspecified atom stereocenters. The molecule has 1 N–H and O–H groups in total. The van der Waals surface area contributed by atoms with Gasteiger partial charge in [-0.15, -0.1) is 0 Å². The van der Waals surface area contributed by atoms with Gasteiger partial charge in [-0.1, -0.05) is 38.1 Å². The van der Waals surface area contributed by atoms with Crippen LogP contribution in [0, 0.1) is 5.41 Å². The molecule has 0 radical (unpaired) electrons. The van der Waals surface area contributed by atoms with Crippen LogP contribution in [0.3, 0.4) is 0 Å². The minimum absolute atomic E-state index is 0.314. The van der Waals surface area contributed by atoms with Crippen molar-refractivity contribution in [2.45, 2.75) is 45.7 Å². The molecule has 1 aromatic heterocycles. The number of fused-ring (bicyclic) bond motifs is 1. The summed E-state index contributed by atoms with van der Waals surface area (Å²) in [6.45, 7) is 6.88. The summed E-state index contributed by atoms with van der Waals surface area (Å²) < 4.78 is 2.15. The van der Waals surface area contributed by atoms with E-state index >= 15 is 0 Å². The normalized spacial score (nSPS) is 19.6. The summed E-state index contributed by atoms with van der Waals surface area (Å²) in [5.74, 6) is 0. The Morgan fingerprint density at radius 1 is 1.29 bits per heavy atom. The first kappa shape index (κ1) is 14.3. The van der Waals surface area contributed by atoms with Gasteiger partial charge in [0.15, 0.2) is 0 Å². The summed E-state index contributed by atoms with van der Waals surface area (Å²) in [4.78, 5) is 4.08. The molecule has 0 aliphatic heterocycles. The zero-order valence-corrected chi connectivity index (χ0v) is 13.0. The molecule has 1 aliphatic rings. The maximum atomic E-state index is 4.08. The third-order valence-electron chi connectivity index (χ3n) is 4.54. The highest BCUT2D eigenvalue weighted by Crippen LogP contribution is 2.44. The van der Waals surface area contributed by atoms with Gasteiger partial charge in [0.1, 0.15) is 0 Å². The maximum Gasteiger partial charge on any atom is 0.0945 e. The van der Waals surface area contributed by atoms with E-state index in [0.29, 0.717) is 11.5 Å². The molecule has 112 valence electrons. The highest BCUT2D eigenvalue weighted by molar-refractivity contribution is 5.37. The summed E-state index contributed by atoms with van der Waals surface area (Å²) in [6.07, 6.45) is 9.34. The highest BCUT2D eigenvalue weighted by atomic mass is 15.0. The Morgan fingerprint density at radius 3 is 2.95 bits per heavy atom. The van der Waals surface area contributed by atoms with Crippen molar-refractivity contribution in [3.05, 3.63) is 54.1 Å². The Labute approximate surface area is 127 Å². The first-order valence-electron chi connectivity index (χ1n) is 7.94. The van der Waals surface area contributed by atoms with Crippen LogP contribution < -0.4 is 5.32 Å². The predicted molar refractivity (Wildman–Crippen MR) is 86.1 cm³/mol. The van der Waals surface area contributed by atoms with Gasteiger partial charge in [-0.2, -0.15) is 0 Å². The lowest BCUT2D eigenvalue weighted by Crippen LogP contribution is -2.31. The van der Waals surface area contributed by atoms with Gasteiger partial charge in [-0.05, 0) is 42.3 Å². The number of benzene rings is 1. The molecule has 0 amide bonds. The van der Waals surface area contributed by atoms with E-state index in [1.807, 2.05) is 18.7 Å². The van der Waals surface area contributed by atoms with Gasteiger partial charge in [0, 0.05) is 25.0 Å². The maximum absolute atomic E-state index is 4.08. The van der Waals surface area contributed by atoms with Crippen molar-refractivity contribution in [1.29, 1.82) is 0 Å². The summed E-state index contributed by atoms with van der Waals surface area (Å²) >= 11 is 0. The summed E-state index contributed by atoms with van der Waals surface area (Å²) in [5.41, 5.74) is 3.32. The molecule has 21 heavy (non-hydrogen) atoms. The predicted octanol–water partition coefficient (Wildman–Crippen LogP) is 3.58. The number of hydrogen-bond acceptors (Lipinski definition) is 2. The number of unbranched alkanes of at least 4 members (excludes halogenated alkanes) is 1. The molecule has 0 spiro atoms. The zero-order valence-electron chi connectivity index (χ0n) is 13.0. The van der Waals surface area contributed by atoms with Gasteiger partial charge < -0.3 is 9.88 Å². The van der Waals surface area contributed by atoms with Crippen molar-refractivity contribution in [3.8, 4) is 0 Å². The Bertz CT molecular complexity index is 572. The number of aryl methyl sites for hydroxylation is 1. The Balaban J connectivity index is 1.50.